The van der Waals surface area contributed by atoms with Gasteiger partial charge in [-0.1, -0.05) is 12.1 Å². The molecule has 0 heterocycles. The van der Waals surface area contributed by atoms with Crippen molar-refractivity contribution in [1.29, 1.82) is 0 Å². The molecule has 0 aliphatic heterocycles. The Morgan fingerprint density at radius 2 is 1.94 bits per heavy atom. The van der Waals surface area contributed by atoms with Gasteiger partial charge in [0, 0.05) is 6.42 Å². The van der Waals surface area contributed by atoms with Crippen LogP contribution in [-0.2, 0) is 11.2 Å². The summed E-state index contributed by atoms with van der Waals surface area (Å²) >= 11 is 0. The Kier molecular flexibility index (Phi) is 4.31. The number of hydrogen-bond acceptors (Lipinski definition) is 3. The molecule has 16 heavy (non-hydrogen) atoms. The van der Waals surface area contributed by atoms with Crippen molar-refractivity contribution in [3.63, 3.8) is 0 Å². The van der Waals surface area contributed by atoms with Gasteiger partial charge in [-0.3, -0.25) is 10.2 Å². The first-order valence-electron chi connectivity index (χ1n) is 5.22. The topological polar surface area (TPSA) is 64.3 Å². The van der Waals surface area contributed by atoms with E-state index in [1.807, 2.05) is 26.0 Å². The molecule has 0 radical (unpaired) electrons. The molecule has 1 amide bonds. The van der Waals surface area contributed by atoms with E-state index in [4.69, 9.17) is 10.6 Å². The number of rotatable bonds is 4. The minimum atomic E-state index is -0.147. The van der Waals surface area contributed by atoms with E-state index in [9.17, 15) is 4.79 Å². The SMILES string of the molecule is COc1c(C)cc(CCC(=O)NN)cc1C. The zero-order chi connectivity index (χ0) is 12.1. The van der Waals surface area contributed by atoms with E-state index >= 15 is 0 Å². The second-order valence-corrected chi connectivity index (χ2v) is 3.83. The Labute approximate surface area is 95.8 Å². The maximum absolute atomic E-state index is 11.0. The Bertz CT molecular complexity index is 366. The van der Waals surface area contributed by atoms with Gasteiger partial charge in [-0.15, -0.1) is 0 Å². The van der Waals surface area contributed by atoms with Crippen LogP contribution < -0.4 is 16.0 Å². The third-order valence-corrected chi connectivity index (χ3v) is 2.53. The fourth-order valence-corrected chi connectivity index (χ4v) is 1.84. The van der Waals surface area contributed by atoms with Crippen LogP contribution in [0.25, 0.3) is 0 Å². The van der Waals surface area contributed by atoms with Gasteiger partial charge in [0.05, 0.1) is 7.11 Å². The van der Waals surface area contributed by atoms with Crippen molar-refractivity contribution in [2.75, 3.05) is 7.11 Å². The molecule has 3 N–H and O–H groups in total. The molecular weight excluding hydrogens is 204 g/mol. The van der Waals surface area contributed by atoms with E-state index in [1.165, 1.54) is 0 Å². The van der Waals surface area contributed by atoms with Crippen molar-refractivity contribution in [3.05, 3.63) is 28.8 Å². The van der Waals surface area contributed by atoms with E-state index in [-0.39, 0.29) is 5.91 Å². The minimum Gasteiger partial charge on any atom is -0.496 e. The summed E-state index contributed by atoms with van der Waals surface area (Å²) in [5, 5.41) is 0. The fraction of sp³-hybridized carbons (Fsp3) is 0.417. The van der Waals surface area contributed by atoms with Crippen molar-refractivity contribution in [3.8, 4) is 5.75 Å². The lowest BCUT2D eigenvalue weighted by Gasteiger charge is -2.11. The van der Waals surface area contributed by atoms with Crippen LogP contribution in [0.1, 0.15) is 23.1 Å². The number of aryl methyl sites for hydroxylation is 3. The molecule has 0 saturated carbocycles. The molecule has 0 atom stereocenters. The summed E-state index contributed by atoms with van der Waals surface area (Å²) in [6.07, 6.45) is 1.09. The van der Waals surface area contributed by atoms with Gasteiger partial charge in [-0.2, -0.15) is 0 Å². The first kappa shape index (κ1) is 12.5. The number of ether oxygens (including phenoxy) is 1. The minimum absolute atomic E-state index is 0.147. The monoisotopic (exact) mass is 222 g/mol. The van der Waals surface area contributed by atoms with Crippen molar-refractivity contribution in [2.45, 2.75) is 26.7 Å². The number of carbonyl (C=O) groups excluding carboxylic acids is 1. The summed E-state index contributed by atoms with van der Waals surface area (Å²) < 4.78 is 5.28. The number of nitrogens with two attached hydrogens (primary N) is 1. The van der Waals surface area contributed by atoms with Gasteiger partial charge < -0.3 is 4.74 Å². The normalized spacial score (nSPS) is 10.0. The van der Waals surface area contributed by atoms with Gasteiger partial charge >= 0.3 is 0 Å². The van der Waals surface area contributed by atoms with Crippen LogP contribution in [0.15, 0.2) is 12.1 Å². The van der Waals surface area contributed by atoms with Crippen LogP contribution in [-0.4, -0.2) is 13.0 Å². The quantitative estimate of drug-likeness (QED) is 0.457. The number of hydrogen-bond donors (Lipinski definition) is 2. The molecule has 4 nitrogen and oxygen atoms in total. The third kappa shape index (κ3) is 2.97. The van der Waals surface area contributed by atoms with Crippen molar-refractivity contribution >= 4 is 5.91 Å². The summed E-state index contributed by atoms with van der Waals surface area (Å²) in [6.45, 7) is 4.00. The Balaban J connectivity index is 2.79. The number of methoxy groups -OCH3 is 1. The highest BCUT2D eigenvalue weighted by molar-refractivity contribution is 5.75. The lowest BCUT2D eigenvalue weighted by atomic mass is 10.0. The second kappa shape index (κ2) is 5.51. The number of benzene rings is 1. The third-order valence-electron chi connectivity index (χ3n) is 2.53. The van der Waals surface area contributed by atoms with Crippen LogP contribution in [0.4, 0.5) is 0 Å². The molecule has 0 unspecified atom stereocenters. The molecule has 1 rings (SSSR count). The summed E-state index contributed by atoms with van der Waals surface area (Å²) in [5.74, 6) is 5.78. The number of amides is 1. The summed E-state index contributed by atoms with van der Waals surface area (Å²) in [7, 11) is 1.66. The Morgan fingerprint density at radius 3 is 2.38 bits per heavy atom. The fourth-order valence-electron chi connectivity index (χ4n) is 1.84. The molecule has 0 aromatic heterocycles. The molecule has 0 saturated heterocycles. The highest BCUT2D eigenvalue weighted by Gasteiger charge is 2.06. The lowest BCUT2D eigenvalue weighted by Crippen LogP contribution is -2.30. The van der Waals surface area contributed by atoms with Crippen molar-refractivity contribution < 1.29 is 9.53 Å². The average molecular weight is 222 g/mol. The Morgan fingerprint density at radius 1 is 1.38 bits per heavy atom. The summed E-state index contributed by atoms with van der Waals surface area (Å²) in [6, 6.07) is 4.07. The average Bonchev–Trinajstić information content (AvgIpc) is 2.25. The van der Waals surface area contributed by atoms with Gasteiger partial charge in [-0.05, 0) is 37.0 Å². The van der Waals surface area contributed by atoms with E-state index in [1.54, 1.807) is 7.11 Å². The van der Waals surface area contributed by atoms with Crippen LogP contribution in [0.2, 0.25) is 0 Å². The second-order valence-electron chi connectivity index (χ2n) is 3.83. The number of carbonyl (C=O) groups is 1. The van der Waals surface area contributed by atoms with Crippen LogP contribution >= 0.6 is 0 Å². The summed E-state index contributed by atoms with van der Waals surface area (Å²) in [5.41, 5.74) is 5.42. The van der Waals surface area contributed by atoms with Gasteiger partial charge in [0.15, 0.2) is 0 Å². The zero-order valence-electron chi connectivity index (χ0n) is 9.96. The largest absolute Gasteiger partial charge is 0.496 e. The molecule has 1 aromatic carbocycles. The highest BCUT2D eigenvalue weighted by Crippen LogP contribution is 2.24. The predicted molar refractivity (Wildman–Crippen MR) is 63.1 cm³/mol. The van der Waals surface area contributed by atoms with Crippen molar-refractivity contribution in [1.82, 2.24) is 5.43 Å². The molecule has 4 heteroatoms. The standard InChI is InChI=1S/C12H18N2O2/c1-8-6-10(4-5-11(15)14-13)7-9(2)12(8)16-3/h6-7H,4-5,13H2,1-3H3,(H,14,15). The number of nitrogens with one attached hydrogen (secondary N) is 1. The predicted octanol–water partition coefficient (Wildman–Crippen LogP) is 1.23. The summed E-state index contributed by atoms with van der Waals surface area (Å²) in [4.78, 5) is 11.0. The van der Waals surface area contributed by atoms with Gasteiger partial charge in [0.1, 0.15) is 5.75 Å². The van der Waals surface area contributed by atoms with E-state index < -0.39 is 0 Å². The zero-order valence-corrected chi connectivity index (χ0v) is 9.96. The molecule has 88 valence electrons. The smallest absolute Gasteiger partial charge is 0.234 e. The molecule has 0 aliphatic carbocycles. The first-order chi connectivity index (χ1) is 7.58. The van der Waals surface area contributed by atoms with Gasteiger partial charge in [-0.25, -0.2) is 5.84 Å². The molecule has 0 fully saturated rings. The van der Waals surface area contributed by atoms with Crippen LogP contribution in [0, 0.1) is 13.8 Å². The molecule has 1 aromatic rings. The Hall–Kier alpha value is -1.55. The van der Waals surface area contributed by atoms with Crippen LogP contribution in [0.3, 0.4) is 0 Å². The molecule has 0 spiro atoms. The van der Waals surface area contributed by atoms with E-state index in [0.717, 1.165) is 22.4 Å². The maximum Gasteiger partial charge on any atom is 0.234 e. The molecule has 0 bridgehead atoms. The van der Waals surface area contributed by atoms with E-state index in [2.05, 4.69) is 5.43 Å². The van der Waals surface area contributed by atoms with E-state index in [0.29, 0.717) is 12.8 Å². The van der Waals surface area contributed by atoms with Gasteiger partial charge in [0.25, 0.3) is 0 Å². The maximum atomic E-state index is 11.0. The van der Waals surface area contributed by atoms with Crippen molar-refractivity contribution in [2.24, 2.45) is 5.84 Å². The lowest BCUT2D eigenvalue weighted by molar-refractivity contribution is -0.121. The van der Waals surface area contributed by atoms with Gasteiger partial charge in [0.2, 0.25) is 5.91 Å². The van der Waals surface area contributed by atoms with Crippen LogP contribution in [0.5, 0.6) is 5.75 Å². The number of hydrazine groups is 1. The molecular formula is C12H18N2O2. The first-order valence-corrected chi connectivity index (χ1v) is 5.22. The highest BCUT2D eigenvalue weighted by atomic mass is 16.5. The molecule has 0 aliphatic rings.